The summed E-state index contributed by atoms with van der Waals surface area (Å²) in [4.78, 5) is 39.0. The maximum Gasteiger partial charge on any atom is 0.323 e. The number of carbonyl (C=O) groups excluding carboxylic acids is 2. The fourth-order valence-electron chi connectivity index (χ4n) is 3.21. The van der Waals surface area contributed by atoms with Gasteiger partial charge in [0.25, 0.3) is 0 Å². The number of hydrogen-bond acceptors (Lipinski definition) is 6. The molecule has 1 aromatic carbocycles. The number of rotatable bonds is 7. The minimum Gasteiger partial charge on any atom is -0.486 e. The zero-order valence-corrected chi connectivity index (χ0v) is 15.1. The van der Waals surface area contributed by atoms with Gasteiger partial charge >= 0.3 is 5.97 Å². The molecule has 2 amide bonds. The number of aliphatic carboxylic acids is 1. The minimum absolute atomic E-state index is 0.0381. The van der Waals surface area contributed by atoms with E-state index < -0.39 is 18.4 Å². The molecule has 0 aliphatic carbocycles. The monoisotopic (exact) mass is 378 g/mol. The van der Waals surface area contributed by atoms with Crippen molar-refractivity contribution in [2.24, 2.45) is 5.92 Å². The number of carboxylic acid groups (broad SMARTS) is 1. The fourth-order valence-corrected chi connectivity index (χ4v) is 3.21. The molecule has 1 fully saturated rings. The van der Waals surface area contributed by atoms with Gasteiger partial charge in [-0.2, -0.15) is 0 Å². The van der Waals surface area contributed by atoms with Gasteiger partial charge in [-0.3, -0.25) is 14.4 Å². The molecule has 146 valence electrons. The van der Waals surface area contributed by atoms with Crippen molar-refractivity contribution in [1.29, 1.82) is 0 Å². The molecule has 0 radical (unpaired) electrons. The average Bonchev–Trinajstić information content (AvgIpc) is 3.05. The van der Waals surface area contributed by atoms with E-state index in [4.69, 9.17) is 19.3 Å². The number of benzene rings is 1. The van der Waals surface area contributed by atoms with Gasteiger partial charge < -0.3 is 29.1 Å². The first-order valence-electron chi connectivity index (χ1n) is 8.69. The molecule has 0 bridgehead atoms. The SMILES string of the molecule is COCCN(CC(=O)O)C(=O)C1CC(=O)N(c2ccc3c(c2)OCCO3)C1. The van der Waals surface area contributed by atoms with Crippen LogP contribution in [0.15, 0.2) is 18.2 Å². The minimum atomic E-state index is -1.10. The van der Waals surface area contributed by atoms with Crippen LogP contribution in [0, 0.1) is 5.92 Å². The number of fused-ring (bicyclic) bond motifs is 1. The van der Waals surface area contributed by atoms with Crippen LogP contribution in [0.3, 0.4) is 0 Å². The van der Waals surface area contributed by atoms with Gasteiger partial charge in [0.05, 0.1) is 12.5 Å². The maximum absolute atomic E-state index is 12.7. The molecule has 2 aliphatic heterocycles. The van der Waals surface area contributed by atoms with Crippen LogP contribution >= 0.6 is 0 Å². The van der Waals surface area contributed by atoms with Crippen LogP contribution in [0.1, 0.15) is 6.42 Å². The second kappa shape index (κ2) is 8.26. The molecular weight excluding hydrogens is 356 g/mol. The van der Waals surface area contributed by atoms with E-state index in [1.165, 1.54) is 16.9 Å². The zero-order valence-electron chi connectivity index (χ0n) is 15.1. The first-order chi connectivity index (χ1) is 13.0. The predicted molar refractivity (Wildman–Crippen MR) is 94.0 cm³/mol. The number of methoxy groups -OCH3 is 1. The Balaban J connectivity index is 1.72. The van der Waals surface area contributed by atoms with Gasteiger partial charge in [-0.25, -0.2) is 0 Å². The molecule has 3 rings (SSSR count). The van der Waals surface area contributed by atoms with E-state index in [-0.39, 0.29) is 37.9 Å². The van der Waals surface area contributed by atoms with Gasteiger partial charge in [-0.05, 0) is 12.1 Å². The molecule has 9 heteroatoms. The molecule has 2 heterocycles. The number of ether oxygens (including phenoxy) is 3. The van der Waals surface area contributed by atoms with Gasteiger partial charge in [0, 0.05) is 38.4 Å². The van der Waals surface area contributed by atoms with Crippen LogP contribution in [-0.4, -0.2) is 74.4 Å². The van der Waals surface area contributed by atoms with Crippen molar-refractivity contribution in [1.82, 2.24) is 4.90 Å². The highest BCUT2D eigenvalue weighted by atomic mass is 16.6. The number of nitrogens with zero attached hydrogens (tertiary/aromatic N) is 2. The Kier molecular flexibility index (Phi) is 5.80. The Morgan fingerprint density at radius 3 is 2.74 bits per heavy atom. The van der Waals surface area contributed by atoms with Crippen molar-refractivity contribution in [3.8, 4) is 11.5 Å². The highest BCUT2D eigenvalue weighted by Crippen LogP contribution is 2.36. The van der Waals surface area contributed by atoms with Gasteiger partial charge in [0.1, 0.15) is 19.8 Å². The summed E-state index contributed by atoms with van der Waals surface area (Å²) < 4.78 is 16.0. The third-order valence-corrected chi connectivity index (χ3v) is 4.51. The van der Waals surface area contributed by atoms with Gasteiger partial charge in [-0.1, -0.05) is 0 Å². The molecule has 1 saturated heterocycles. The number of anilines is 1. The van der Waals surface area contributed by atoms with Crippen LogP contribution in [0.25, 0.3) is 0 Å². The van der Waals surface area contributed by atoms with Crippen molar-refractivity contribution in [2.75, 3.05) is 51.5 Å². The van der Waals surface area contributed by atoms with Crippen molar-refractivity contribution >= 4 is 23.5 Å². The van der Waals surface area contributed by atoms with Crippen LogP contribution < -0.4 is 14.4 Å². The Hall–Kier alpha value is -2.81. The van der Waals surface area contributed by atoms with Crippen molar-refractivity contribution in [2.45, 2.75) is 6.42 Å². The van der Waals surface area contributed by atoms with Crippen LogP contribution in [-0.2, 0) is 19.1 Å². The second-order valence-corrected chi connectivity index (χ2v) is 6.38. The van der Waals surface area contributed by atoms with Crippen LogP contribution in [0.5, 0.6) is 11.5 Å². The molecule has 0 spiro atoms. The van der Waals surface area contributed by atoms with Crippen LogP contribution in [0.4, 0.5) is 5.69 Å². The topological polar surface area (TPSA) is 106 Å². The number of amides is 2. The van der Waals surface area contributed by atoms with E-state index >= 15 is 0 Å². The lowest BCUT2D eigenvalue weighted by molar-refractivity contribution is -0.146. The largest absolute Gasteiger partial charge is 0.486 e. The van der Waals surface area contributed by atoms with E-state index in [0.717, 1.165) is 0 Å². The summed E-state index contributed by atoms with van der Waals surface area (Å²) in [5.74, 6) is -1.06. The van der Waals surface area contributed by atoms with E-state index in [0.29, 0.717) is 30.4 Å². The third kappa shape index (κ3) is 4.30. The van der Waals surface area contributed by atoms with Crippen molar-refractivity contribution in [3.63, 3.8) is 0 Å². The standard InChI is InChI=1S/C18H22N2O7/c1-25-5-4-19(11-17(22)23)18(24)12-8-16(21)20(10-12)13-2-3-14-15(9-13)27-7-6-26-14/h2-3,9,12H,4-8,10-11H2,1H3,(H,22,23). The third-order valence-electron chi connectivity index (χ3n) is 4.51. The van der Waals surface area contributed by atoms with E-state index in [2.05, 4.69) is 0 Å². The summed E-state index contributed by atoms with van der Waals surface area (Å²) in [7, 11) is 1.48. The van der Waals surface area contributed by atoms with Crippen molar-refractivity contribution < 1.29 is 33.7 Å². The molecule has 9 nitrogen and oxygen atoms in total. The molecule has 1 aromatic rings. The summed E-state index contributed by atoms with van der Waals surface area (Å²) in [5, 5.41) is 9.03. The first kappa shape index (κ1) is 19.0. The highest BCUT2D eigenvalue weighted by molar-refractivity contribution is 6.00. The number of carboxylic acids is 1. The molecule has 1 unspecified atom stereocenters. The highest BCUT2D eigenvalue weighted by Gasteiger charge is 2.38. The smallest absolute Gasteiger partial charge is 0.323 e. The summed E-state index contributed by atoms with van der Waals surface area (Å²) in [6, 6.07) is 5.21. The molecule has 2 aliphatic rings. The number of carbonyl (C=O) groups is 3. The summed E-state index contributed by atoms with van der Waals surface area (Å²) in [6.07, 6.45) is 0.0381. The normalized spacial score (nSPS) is 18.5. The van der Waals surface area contributed by atoms with Gasteiger partial charge in [0.15, 0.2) is 11.5 Å². The van der Waals surface area contributed by atoms with E-state index in [1.54, 1.807) is 18.2 Å². The van der Waals surface area contributed by atoms with Gasteiger partial charge in [0.2, 0.25) is 11.8 Å². The molecule has 0 aromatic heterocycles. The van der Waals surface area contributed by atoms with E-state index in [9.17, 15) is 14.4 Å². The van der Waals surface area contributed by atoms with Crippen molar-refractivity contribution in [3.05, 3.63) is 18.2 Å². The predicted octanol–water partition coefficient (Wildman–Crippen LogP) is 0.370. The first-order valence-corrected chi connectivity index (χ1v) is 8.69. The Labute approximate surface area is 156 Å². The lowest BCUT2D eigenvalue weighted by Gasteiger charge is -2.24. The molecule has 1 N–H and O–H groups in total. The molecule has 1 atom stereocenters. The Morgan fingerprint density at radius 1 is 1.30 bits per heavy atom. The summed E-state index contributed by atoms with van der Waals surface area (Å²) in [6.45, 7) is 1.08. The maximum atomic E-state index is 12.7. The number of hydrogen-bond donors (Lipinski definition) is 1. The average molecular weight is 378 g/mol. The second-order valence-electron chi connectivity index (χ2n) is 6.38. The fraction of sp³-hybridized carbons (Fsp3) is 0.500. The lowest BCUT2D eigenvalue weighted by atomic mass is 10.1. The summed E-state index contributed by atoms with van der Waals surface area (Å²) in [5.41, 5.74) is 0.626. The van der Waals surface area contributed by atoms with Crippen LogP contribution in [0.2, 0.25) is 0 Å². The molecular formula is C18H22N2O7. The quantitative estimate of drug-likeness (QED) is 0.731. The molecule has 27 heavy (non-hydrogen) atoms. The summed E-state index contributed by atoms with van der Waals surface area (Å²) >= 11 is 0. The van der Waals surface area contributed by atoms with E-state index in [1.807, 2.05) is 0 Å². The molecule has 0 saturated carbocycles. The zero-order chi connectivity index (χ0) is 19.4. The lowest BCUT2D eigenvalue weighted by Crippen LogP contribution is -2.42. The Morgan fingerprint density at radius 2 is 2.04 bits per heavy atom. The van der Waals surface area contributed by atoms with Gasteiger partial charge in [-0.15, -0.1) is 0 Å². The Bertz CT molecular complexity index is 736.